The first kappa shape index (κ1) is 13.9. The molecule has 2 heterocycles. The molecule has 2 aromatic rings. The molecule has 5 nitrogen and oxygen atoms in total. The van der Waals surface area contributed by atoms with Crippen molar-refractivity contribution >= 4 is 11.5 Å². The second-order valence-electron chi connectivity index (χ2n) is 5.82. The van der Waals surface area contributed by atoms with Crippen LogP contribution < -0.4 is 4.90 Å². The monoisotopic (exact) mass is 284 g/mol. The van der Waals surface area contributed by atoms with Gasteiger partial charge in [0.15, 0.2) is 11.5 Å². The summed E-state index contributed by atoms with van der Waals surface area (Å²) in [4.78, 5) is 6.56. The quantitative estimate of drug-likeness (QED) is 0.938. The summed E-state index contributed by atoms with van der Waals surface area (Å²) in [6.07, 6.45) is 5.83. The van der Waals surface area contributed by atoms with E-state index in [2.05, 4.69) is 11.1 Å². The lowest BCUT2D eigenvalue weighted by molar-refractivity contribution is 0.0736. The number of fused-ring (bicyclic) bond motifs is 1. The van der Waals surface area contributed by atoms with Crippen LogP contribution in [0.1, 0.15) is 31.4 Å². The summed E-state index contributed by atoms with van der Waals surface area (Å²) < 4.78 is 1.81. The third-order valence-corrected chi connectivity index (χ3v) is 4.36. The number of hydrogen-bond acceptors (Lipinski definition) is 4. The van der Waals surface area contributed by atoms with Gasteiger partial charge < -0.3 is 10.0 Å². The Labute approximate surface area is 124 Å². The average molecular weight is 284 g/mol. The maximum absolute atomic E-state index is 10.1. The number of rotatable bonds is 3. The predicted molar refractivity (Wildman–Crippen MR) is 81.1 cm³/mol. The molecule has 0 aromatic carbocycles. The number of nitrogens with zero attached hydrogens (tertiary/aromatic N) is 4. The zero-order valence-electron chi connectivity index (χ0n) is 12.2. The van der Waals surface area contributed by atoms with Crippen LogP contribution in [0.5, 0.6) is 0 Å². The highest BCUT2D eigenvalue weighted by atomic mass is 16.3. The summed E-state index contributed by atoms with van der Waals surface area (Å²) in [6, 6.07) is 7.95. The number of pyridine rings is 1. The van der Waals surface area contributed by atoms with Gasteiger partial charge in [-0.2, -0.15) is 5.26 Å². The molecule has 2 aromatic heterocycles. The Bertz CT molecular complexity index is 672. The number of imidazole rings is 1. The van der Waals surface area contributed by atoms with Crippen molar-refractivity contribution in [1.82, 2.24) is 9.38 Å². The van der Waals surface area contributed by atoms with Crippen molar-refractivity contribution in [2.45, 2.75) is 31.8 Å². The Kier molecular flexibility index (Phi) is 3.80. The minimum Gasteiger partial charge on any atom is -0.393 e. The molecule has 110 valence electrons. The molecule has 3 rings (SSSR count). The number of aliphatic hydroxyl groups excluding tert-OH is 1. The van der Waals surface area contributed by atoms with E-state index in [0.29, 0.717) is 11.5 Å². The van der Waals surface area contributed by atoms with Crippen LogP contribution in [0, 0.1) is 17.2 Å². The van der Waals surface area contributed by atoms with E-state index >= 15 is 0 Å². The van der Waals surface area contributed by atoms with Gasteiger partial charge in [-0.1, -0.05) is 18.9 Å². The first-order chi connectivity index (χ1) is 10.2. The standard InChI is InChI=1S/C16H20N4O/c1-19(11-12-6-2-3-7-14(12)21)16-13(10-17)20-9-5-4-8-15(20)18-16/h4-5,8-9,12,14,21H,2-3,6-7,11H2,1H3. The summed E-state index contributed by atoms with van der Waals surface area (Å²) in [7, 11) is 1.95. The first-order valence-corrected chi connectivity index (χ1v) is 7.47. The highest BCUT2D eigenvalue weighted by Gasteiger charge is 2.26. The van der Waals surface area contributed by atoms with Gasteiger partial charge in [0.2, 0.25) is 0 Å². The van der Waals surface area contributed by atoms with Crippen LogP contribution >= 0.6 is 0 Å². The topological polar surface area (TPSA) is 64.6 Å². The van der Waals surface area contributed by atoms with Gasteiger partial charge in [0.05, 0.1) is 6.10 Å². The number of nitriles is 1. The van der Waals surface area contributed by atoms with Gasteiger partial charge in [-0.25, -0.2) is 4.98 Å². The second kappa shape index (κ2) is 5.74. The Balaban J connectivity index is 1.87. The van der Waals surface area contributed by atoms with Crippen LogP contribution in [0.25, 0.3) is 5.65 Å². The van der Waals surface area contributed by atoms with Gasteiger partial charge >= 0.3 is 0 Å². The molecule has 0 amide bonds. The Morgan fingerprint density at radius 3 is 3.00 bits per heavy atom. The van der Waals surface area contributed by atoms with Crippen LogP contribution in [0.4, 0.5) is 5.82 Å². The minimum absolute atomic E-state index is 0.233. The molecular weight excluding hydrogens is 264 g/mol. The van der Waals surface area contributed by atoms with Crippen molar-refractivity contribution in [3.8, 4) is 6.07 Å². The molecule has 1 N–H and O–H groups in total. The molecule has 1 saturated carbocycles. The number of anilines is 1. The van der Waals surface area contributed by atoms with Crippen LogP contribution in [0.2, 0.25) is 0 Å². The van der Waals surface area contributed by atoms with Crippen molar-refractivity contribution in [2.24, 2.45) is 5.92 Å². The lowest BCUT2D eigenvalue weighted by Crippen LogP contribution is -2.35. The lowest BCUT2D eigenvalue weighted by Gasteiger charge is -2.31. The van der Waals surface area contributed by atoms with Crippen molar-refractivity contribution in [3.05, 3.63) is 30.1 Å². The minimum atomic E-state index is -0.233. The van der Waals surface area contributed by atoms with Crippen molar-refractivity contribution in [1.29, 1.82) is 5.26 Å². The van der Waals surface area contributed by atoms with Gasteiger partial charge in [0.1, 0.15) is 11.7 Å². The third kappa shape index (κ3) is 2.59. The molecule has 0 saturated heterocycles. The van der Waals surface area contributed by atoms with Crippen LogP contribution in [-0.2, 0) is 0 Å². The first-order valence-electron chi connectivity index (χ1n) is 7.47. The molecule has 2 unspecified atom stereocenters. The molecule has 0 aliphatic heterocycles. The fourth-order valence-corrected chi connectivity index (χ4v) is 3.19. The number of aromatic nitrogens is 2. The van der Waals surface area contributed by atoms with E-state index in [1.165, 1.54) is 6.42 Å². The van der Waals surface area contributed by atoms with E-state index in [9.17, 15) is 10.4 Å². The van der Waals surface area contributed by atoms with E-state index in [1.54, 1.807) is 0 Å². The van der Waals surface area contributed by atoms with Gasteiger partial charge in [0.25, 0.3) is 0 Å². The summed E-state index contributed by atoms with van der Waals surface area (Å²) >= 11 is 0. The maximum atomic E-state index is 10.1. The molecule has 2 atom stereocenters. The smallest absolute Gasteiger partial charge is 0.169 e. The van der Waals surface area contributed by atoms with Crippen molar-refractivity contribution in [2.75, 3.05) is 18.5 Å². The highest BCUT2D eigenvalue weighted by molar-refractivity contribution is 5.60. The Morgan fingerprint density at radius 2 is 2.24 bits per heavy atom. The Morgan fingerprint density at radius 1 is 1.43 bits per heavy atom. The fourth-order valence-electron chi connectivity index (χ4n) is 3.19. The van der Waals surface area contributed by atoms with Crippen LogP contribution in [0.15, 0.2) is 24.4 Å². The zero-order chi connectivity index (χ0) is 14.8. The van der Waals surface area contributed by atoms with Crippen LogP contribution in [0.3, 0.4) is 0 Å². The summed E-state index contributed by atoms with van der Waals surface area (Å²) in [5.74, 6) is 0.960. The third-order valence-electron chi connectivity index (χ3n) is 4.36. The molecule has 1 fully saturated rings. The van der Waals surface area contributed by atoms with E-state index in [1.807, 2.05) is 40.7 Å². The molecule has 1 aliphatic carbocycles. The summed E-state index contributed by atoms with van der Waals surface area (Å²) in [6.45, 7) is 0.736. The second-order valence-corrected chi connectivity index (χ2v) is 5.82. The molecule has 0 spiro atoms. The van der Waals surface area contributed by atoms with Gasteiger partial charge in [0, 0.05) is 25.7 Å². The largest absolute Gasteiger partial charge is 0.393 e. The highest BCUT2D eigenvalue weighted by Crippen LogP contribution is 2.27. The zero-order valence-corrected chi connectivity index (χ0v) is 12.2. The maximum Gasteiger partial charge on any atom is 0.169 e. The molecule has 21 heavy (non-hydrogen) atoms. The van der Waals surface area contributed by atoms with Gasteiger partial charge in [-0.05, 0) is 25.0 Å². The van der Waals surface area contributed by atoms with Gasteiger partial charge in [-0.15, -0.1) is 0 Å². The molecule has 5 heteroatoms. The molecule has 0 bridgehead atoms. The summed E-state index contributed by atoms with van der Waals surface area (Å²) in [5, 5.41) is 19.5. The van der Waals surface area contributed by atoms with Gasteiger partial charge in [-0.3, -0.25) is 4.40 Å². The SMILES string of the molecule is CN(CC1CCCCC1O)c1nc2ccccn2c1C#N. The molecule has 0 radical (unpaired) electrons. The fraction of sp³-hybridized carbons (Fsp3) is 0.500. The lowest BCUT2D eigenvalue weighted by atomic mass is 9.86. The molecule has 1 aliphatic rings. The van der Waals surface area contributed by atoms with Crippen LogP contribution in [-0.4, -0.2) is 34.2 Å². The predicted octanol–water partition coefficient (Wildman–Crippen LogP) is 2.19. The van der Waals surface area contributed by atoms with E-state index < -0.39 is 0 Å². The van der Waals surface area contributed by atoms with E-state index in [4.69, 9.17) is 0 Å². The number of hydrogen-bond donors (Lipinski definition) is 1. The van der Waals surface area contributed by atoms with Crippen molar-refractivity contribution in [3.63, 3.8) is 0 Å². The number of aliphatic hydroxyl groups is 1. The van der Waals surface area contributed by atoms with E-state index in [0.717, 1.165) is 31.5 Å². The normalized spacial score (nSPS) is 22.1. The summed E-state index contributed by atoms with van der Waals surface area (Å²) in [5.41, 5.74) is 1.33. The molecular formula is C16H20N4O. The average Bonchev–Trinajstić information content (AvgIpc) is 2.88. The Hall–Kier alpha value is -2.06. The van der Waals surface area contributed by atoms with E-state index in [-0.39, 0.29) is 12.0 Å². The van der Waals surface area contributed by atoms with Crippen molar-refractivity contribution < 1.29 is 5.11 Å².